The Balaban J connectivity index is 2.37. The van der Waals surface area contributed by atoms with Gasteiger partial charge in [0.25, 0.3) is 0 Å². The lowest BCUT2D eigenvalue weighted by Gasteiger charge is -2.28. The first-order valence-electron chi connectivity index (χ1n) is 5.77. The maximum atomic E-state index is 11.3. The molecule has 0 radical (unpaired) electrons. The van der Waals surface area contributed by atoms with Gasteiger partial charge in [-0.1, -0.05) is 12.1 Å². The standard InChI is InChI=1S/C13H18N2O2/c1-13(8-14,17-2)10-4-5-11-9(7-10)3-6-12(16)15-11/h4-5,7H,3,6,8,14H2,1-2H3,(H,15,16). The van der Waals surface area contributed by atoms with Crippen LogP contribution in [-0.4, -0.2) is 19.6 Å². The summed E-state index contributed by atoms with van der Waals surface area (Å²) in [5, 5.41) is 2.86. The number of nitrogens with one attached hydrogen (secondary N) is 1. The quantitative estimate of drug-likeness (QED) is 0.830. The molecule has 17 heavy (non-hydrogen) atoms. The number of ether oxygens (including phenoxy) is 1. The van der Waals surface area contributed by atoms with Crippen LogP contribution >= 0.6 is 0 Å². The van der Waals surface area contributed by atoms with Gasteiger partial charge in [0.05, 0.1) is 0 Å². The molecular formula is C13H18N2O2. The highest BCUT2D eigenvalue weighted by Gasteiger charge is 2.26. The Morgan fingerprint density at radius 1 is 1.47 bits per heavy atom. The van der Waals surface area contributed by atoms with Crippen molar-refractivity contribution in [1.29, 1.82) is 0 Å². The lowest BCUT2D eigenvalue weighted by Crippen LogP contribution is -2.34. The number of rotatable bonds is 3. The normalized spacial score (nSPS) is 18.2. The third-order valence-corrected chi connectivity index (χ3v) is 3.45. The molecule has 2 rings (SSSR count). The van der Waals surface area contributed by atoms with E-state index in [2.05, 4.69) is 11.4 Å². The minimum absolute atomic E-state index is 0.0820. The molecule has 4 nitrogen and oxygen atoms in total. The molecule has 1 amide bonds. The van der Waals surface area contributed by atoms with E-state index in [0.717, 1.165) is 23.2 Å². The minimum atomic E-state index is -0.462. The van der Waals surface area contributed by atoms with Crippen LogP contribution in [0.15, 0.2) is 18.2 Å². The second-order valence-corrected chi connectivity index (χ2v) is 4.56. The zero-order chi connectivity index (χ0) is 12.5. The van der Waals surface area contributed by atoms with Crippen LogP contribution in [0.2, 0.25) is 0 Å². The number of amides is 1. The summed E-state index contributed by atoms with van der Waals surface area (Å²) in [7, 11) is 1.66. The second-order valence-electron chi connectivity index (χ2n) is 4.56. The van der Waals surface area contributed by atoms with Gasteiger partial charge in [-0.2, -0.15) is 0 Å². The number of anilines is 1. The van der Waals surface area contributed by atoms with E-state index in [0.29, 0.717) is 13.0 Å². The SMILES string of the molecule is COC(C)(CN)c1ccc2c(c1)CCC(=O)N2. The lowest BCUT2D eigenvalue weighted by atomic mass is 9.91. The van der Waals surface area contributed by atoms with Crippen molar-refractivity contribution in [1.82, 2.24) is 0 Å². The van der Waals surface area contributed by atoms with Crippen LogP contribution in [0.25, 0.3) is 0 Å². The molecule has 3 N–H and O–H groups in total. The maximum absolute atomic E-state index is 11.3. The molecule has 0 fully saturated rings. The van der Waals surface area contributed by atoms with Gasteiger partial charge in [-0.05, 0) is 30.5 Å². The number of fused-ring (bicyclic) bond motifs is 1. The van der Waals surface area contributed by atoms with Gasteiger partial charge in [0, 0.05) is 25.8 Å². The Morgan fingerprint density at radius 2 is 2.24 bits per heavy atom. The zero-order valence-electron chi connectivity index (χ0n) is 10.2. The first kappa shape index (κ1) is 12.1. The fraction of sp³-hybridized carbons (Fsp3) is 0.462. The van der Waals surface area contributed by atoms with Crippen LogP contribution in [0, 0.1) is 0 Å². The van der Waals surface area contributed by atoms with Crippen molar-refractivity contribution in [2.45, 2.75) is 25.4 Å². The Bertz CT molecular complexity index is 439. The van der Waals surface area contributed by atoms with Gasteiger partial charge in [0.15, 0.2) is 0 Å². The highest BCUT2D eigenvalue weighted by atomic mass is 16.5. The molecule has 1 heterocycles. The molecule has 0 bridgehead atoms. The minimum Gasteiger partial charge on any atom is -0.372 e. The average molecular weight is 234 g/mol. The van der Waals surface area contributed by atoms with Gasteiger partial charge in [0.2, 0.25) is 5.91 Å². The topological polar surface area (TPSA) is 64.3 Å². The number of methoxy groups -OCH3 is 1. The molecule has 1 aliphatic heterocycles. The van der Waals surface area contributed by atoms with Crippen LogP contribution in [0.3, 0.4) is 0 Å². The van der Waals surface area contributed by atoms with E-state index in [1.54, 1.807) is 7.11 Å². The molecule has 0 saturated carbocycles. The summed E-state index contributed by atoms with van der Waals surface area (Å²) in [6.45, 7) is 2.39. The molecule has 1 atom stereocenters. The average Bonchev–Trinajstić information content (AvgIpc) is 2.37. The summed E-state index contributed by atoms with van der Waals surface area (Å²) < 4.78 is 5.47. The number of carbonyl (C=O) groups is 1. The third kappa shape index (κ3) is 2.18. The summed E-state index contributed by atoms with van der Waals surface area (Å²) in [5.74, 6) is 0.0820. The molecule has 4 heteroatoms. The number of benzene rings is 1. The first-order valence-corrected chi connectivity index (χ1v) is 5.77. The molecule has 1 aliphatic rings. The van der Waals surface area contributed by atoms with Crippen LogP contribution in [0.4, 0.5) is 5.69 Å². The molecule has 0 aromatic heterocycles. The van der Waals surface area contributed by atoms with E-state index >= 15 is 0 Å². The lowest BCUT2D eigenvalue weighted by molar-refractivity contribution is -0.116. The molecule has 1 aromatic carbocycles. The summed E-state index contributed by atoms with van der Waals surface area (Å²) in [6, 6.07) is 5.96. The summed E-state index contributed by atoms with van der Waals surface area (Å²) in [5.41, 5.74) is 8.40. The molecule has 0 spiro atoms. The highest BCUT2D eigenvalue weighted by molar-refractivity contribution is 5.93. The van der Waals surface area contributed by atoms with Crippen molar-refractivity contribution in [3.05, 3.63) is 29.3 Å². The van der Waals surface area contributed by atoms with E-state index in [4.69, 9.17) is 10.5 Å². The Hall–Kier alpha value is -1.39. The largest absolute Gasteiger partial charge is 0.372 e. The Kier molecular flexibility index (Phi) is 3.17. The van der Waals surface area contributed by atoms with Crippen LogP contribution in [0.5, 0.6) is 0 Å². The summed E-state index contributed by atoms with van der Waals surface area (Å²) in [4.78, 5) is 11.3. The van der Waals surface area contributed by atoms with Gasteiger partial charge < -0.3 is 15.8 Å². The number of hydrogen-bond acceptors (Lipinski definition) is 3. The molecule has 1 aromatic rings. The van der Waals surface area contributed by atoms with Crippen molar-refractivity contribution in [2.24, 2.45) is 5.73 Å². The fourth-order valence-corrected chi connectivity index (χ4v) is 2.03. The maximum Gasteiger partial charge on any atom is 0.224 e. The van der Waals surface area contributed by atoms with Crippen molar-refractivity contribution in [2.75, 3.05) is 19.0 Å². The van der Waals surface area contributed by atoms with Crippen molar-refractivity contribution in [3.63, 3.8) is 0 Å². The first-order chi connectivity index (χ1) is 8.09. The molecule has 0 saturated heterocycles. The van der Waals surface area contributed by atoms with Gasteiger partial charge in [-0.25, -0.2) is 0 Å². The van der Waals surface area contributed by atoms with Gasteiger partial charge in [-0.15, -0.1) is 0 Å². The molecular weight excluding hydrogens is 216 g/mol. The smallest absolute Gasteiger partial charge is 0.224 e. The third-order valence-electron chi connectivity index (χ3n) is 3.45. The summed E-state index contributed by atoms with van der Waals surface area (Å²) >= 11 is 0. The predicted molar refractivity (Wildman–Crippen MR) is 66.8 cm³/mol. The number of carbonyl (C=O) groups excluding carboxylic acids is 1. The Labute approximate surface area is 101 Å². The van der Waals surface area contributed by atoms with E-state index in [1.807, 2.05) is 19.1 Å². The van der Waals surface area contributed by atoms with Gasteiger partial charge >= 0.3 is 0 Å². The number of hydrogen-bond donors (Lipinski definition) is 2. The van der Waals surface area contributed by atoms with Crippen molar-refractivity contribution in [3.8, 4) is 0 Å². The number of nitrogens with two attached hydrogens (primary N) is 1. The van der Waals surface area contributed by atoms with Gasteiger partial charge in [-0.3, -0.25) is 4.79 Å². The monoisotopic (exact) mass is 234 g/mol. The highest BCUT2D eigenvalue weighted by Crippen LogP contribution is 2.30. The molecule has 1 unspecified atom stereocenters. The van der Waals surface area contributed by atoms with Crippen molar-refractivity contribution < 1.29 is 9.53 Å². The van der Waals surface area contributed by atoms with E-state index in [1.165, 1.54) is 0 Å². The zero-order valence-corrected chi connectivity index (χ0v) is 10.2. The van der Waals surface area contributed by atoms with Crippen LogP contribution in [-0.2, 0) is 21.6 Å². The van der Waals surface area contributed by atoms with E-state index in [-0.39, 0.29) is 5.91 Å². The van der Waals surface area contributed by atoms with E-state index < -0.39 is 5.60 Å². The van der Waals surface area contributed by atoms with Crippen LogP contribution in [0.1, 0.15) is 24.5 Å². The van der Waals surface area contributed by atoms with E-state index in [9.17, 15) is 4.79 Å². The Morgan fingerprint density at radius 3 is 2.88 bits per heavy atom. The number of aryl methyl sites for hydroxylation is 1. The van der Waals surface area contributed by atoms with Crippen LogP contribution < -0.4 is 11.1 Å². The predicted octanol–water partition coefficient (Wildman–Crippen LogP) is 1.39. The molecule has 92 valence electrons. The molecule has 0 aliphatic carbocycles. The fourth-order valence-electron chi connectivity index (χ4n) is 2.03. The summed E-state index contributed by atoms with van der Waals surface area (Å²) in [6.07, 6.45) is 1.32. The second kappa shape index (κ2) is 4.47. The van der Waals surface area contributed by atoms with Gasteiger partial charge in [0.1, 0.15) is 5.60 Å². The van der Waals surface area contributed by atoms with Crippen molar-refractivity contribution >= 4 is 11.6 Å².